The molecular formula is C43H28O2. The van der Waals surface area contributed by atoms with E-state index in [1.54, 1.807) is 0 Å². The normalized spacial score (nSPS) is 13.2. The first-order valence-electron chi connectivity index (χ1n) is 15.3. The third-order valence-corrected chi connectivity index (χ3v) is 9.24. The molecule has 0 atom stereocenters. The number of furan rings is 1. The van der Waals surface area contributed by atoms with Gasteiger partial charge in [-0.1, -0.05) is 140 Å². The van der Waals surface area contributed by atoms with Gasteiger partial charge < -0.3 is 9.15 Å². The summed E-state index contributed by atoms with van der Waals surface area (Å²) in [4.78, 5) is 0. The molecule has 0 fully saturated rings. The number of fused-ring (bicyclic) bond motifs is 5. The van der Waals surface area contributed by atoms with Gasteiger partial charge in [0.15, 0.2) is 0 Å². The molecule has 212 valence electrons. The van der Waals surface area contributed by atoms with Gasteiger partial charge in [-0.2, -0.15) is 0 Å². The second-order valence-electron chi connectivity index (χ2n) is 11.6. The highest BCUT2D eigenvalue weighted by atomic mass is 16.5. The smallest absolute Gasteiger partial charge is 0.135 e. The molecule has 1 aromatic heterocycles. The number of benzene rings is 7. The quantitative estimate of drug-likeness (QED) is 0.208. The molecule has 0 unspecified atom stereocenters. The lowest BCUT2D eigenvalue weighted by Crippen LogP contribution is -2.34. The Hall–Kier alpha value is -5.86. The van der Waals surface area contributed by atoms with E-state index < -0.39 is 5.41 Å². The maximum atomic E-state index is 6.77. The fourth-order valence-electron chi connectivity index (χ4n) is 7.26. The van der Waals surface area contributed by atoms with E-state index in [1.807, 2.05) is 12.1 Å². The lowest BCUT2D eigenvalue weighted by atomic mass is 9.63. The molecular weight excluding hydrogens is 548 g/mol. The number of para-hydroxylation sites is 2. The summed E-state index contributed by atoms with van der Waals surface area (Å²) in [6.07, 6.45) is 0. The van der Waals surface area contributed by atoms with Crippen molar-refractivity contribution in [3.8, 4) is 33.8 Å². The van der Waals surface area contributed by atoms with E-state index in [2.05, 4.69) is 158 Å². The summed E-state index contributed by atoms with van der Waals surface area (Å²) in [6.45, 7) is 0. The molecule has 2 heteroatoms. The molecule has 0 aliphatic carbocycles. The van der Waals surface area contributed by atoms with Gasteiger partial charge in [-0.3, -0.25) is 0 Å². The highest BCUT2D eigenvalue weighted by Crippen LogP contribution is 2.56. The Morgan fingerprint density at radius 1 is 0.378 bits per heavy atom. The van der Waals surface area contributed by atoms with Gasteiger partial charge in [0.1, 0.15) is 22.7 Å². The van der Waals surface area contributed by atoms with Crippen LogP contribution in [0.15, 0.2) is 174 Å². The van der Waals surface area contributed by atoms with Gasteiger partial charge in [-0.15, -0.1) is 0 Å². The average molecular weight is 577 g/mol. The molecule has 1 aliphatic heterocycles. The minimum atomic E-state index is -0.530. The van der Waals surface area contributed by atoms with Crippen LogP contribution in [0, 0.1) is 0 Å². The lowest BCUT2D eigenvalue weighted by Gasteiger charge is -2.41. The van der Waals surface area contributed by atoms with Gasteiger partial charge in [-0.05, 0) is 63.7 Å². The van der Waals surface area contributed by atoms with Crippen LogP contribution in [0.1, 0.15) is 22.3 Å². The molecule has 0 saturated carbocycles. The third kappa shape index (κ3) is 3.89. The van der Waals surface area contributed by atoms with E-state index in [4.69, 9.17) is 9.15 Å². The minimum absolute atomic E-state index is 0.530. The third-order valence-electron chi connectivity index (χ3n) is 9.24. The first-order chi connectivity index (χ1) is 22.3. The second kappa shape index (κ2) is 10.1. The van der Waals surface area contributed by atoms with Crippen LogP contribution in [0.2, 0.25) is 0 Å². The van der Waals surface area contributed by atoms with Crippen LogP contribution in [0.3, 0.4) is 0 Å². The molecule has 0 saturated heterocycles. The van der Waals surface area contributed by atoms with E-state index in [-0.39, 0.29) is 0 Å². The summed E-state index contributed by atoms with van der Waals surface area (Å²) in [5.74, 6) is 1.74. The summed E-state index contributed by atoms with van der Waals surface area (Å²) in [5.41, 5.74) is 10.5. The number of hydrogen-bond acceptors (Lipinski definition) is 2. The van der Waals surface area contributed by atoms with Gasteiger partial charge >= 0.3 is 0 Å². The van der Waals surface area contributed by atoms with Crippen molar-refractivity contribution in [3.63, 3.8) is 0 Å². The van der Waals surface area contributed by atoms with Crippen LogP contribution < -0.4 is 4.74 Å². The Morgan fingerprint density at radius 2 is 0.933 bits per heavy atom. The molecule has 0 amide bonds. The predicted octanol–water partition coefficient (Wildman–Crippen LogP) is 11.4. The topological polar surface area (TPSA) is 22.4 Å². The van der Waals surface area contributed by atoms with Crippen LogP contribution in [0.25, 0.3) is 44.2 Å². The monoisotopic (exact) mass is 576 g/mol. The molecule has 0 bridgehead atoms. The van der Waals surface area contributed by atoms with Crippen molar-refractivity contribution in [2.24, 2.45) is 0 Å². The molecule has 9 rings (SSSR count). The van der Waals surface area contributed by atoms with E-state index in [9.17, 15) is 0 Å². The number of rotatable bonds is 4. The molecule has 0 radical (unpaired) electrons. The van der Waals surface area contributed by atoms with Crippen LogP contribution in [-0.2, 0) is 5.41 Å². The summed E-state index contributed by atoms with van der Waals surface area (Å²) in [5, 5.41) is 2.25. The highest BCUT2D eigenvalue weighted by molar-refractivity contribution is 6.06. The van der Waals surface area contributed by atoms with Crippen LogP contribution in [0.4, 0.5) is 0 Å². The van der Waals surface area contributed by atoms with E-state index >= 15 is 0 Å². The Morgan fingerprint density at radius 3 is 1.69 bits per heavy atom. The zero-order valence-electron chi connectivity index (χ0n) is 24.5. The van der Waals surface area contributed by atoms with Gasteiger partial charge in [0, 0.05) is 21.9 Å². The molecule has 45 heavy (non-hydrogen) atoms. The van der Waals surface area contributed by atoms with Crippen molar-refractivity contribution in [1.29, 1.82) is 0 Å². The Labute approximate surface area is 261 Å². The van der Waals surface area contributed by atoms with Crippen molar-refractivity contribution in [3.05, 3.63) is 192 Å². The standard InChI is InChI=1S/C43H28O2/c1-3-13-31(14-4-1)43(32-15-5-2-6-16-32)37-20-10-12-22-41(37)45-42-28-30(23-25-38(42)43)34-18-8-7-17-33(34)29-24-26-40-36(27-29)35-19-9-11-21-39(35)44-40/h1-28H. The SMILES string of the molecule is c1ccc(C2(c3ccccc3)c3ccccc3Oc3cc(-c4ccccc4-c4ccc5oc6ccccc6c5c4)ccc32)cc1. The Bertz CT molecular complexity index is 2310. The first kappa shape index (κ1) is 25.6. The van der Waals surface area contributed by atoms with E-state index in [0.29, 0.717) is 0 Å². The average Bonchev–Trinajstić information content (AvgIpc) is 3.49. The van der Waals surface area contributed by atoms with Gasteiger partial charge in [0.05, 0.1) is 5.41 Å². The lowest BCUT2D eigenvalue weighted by molar-refractivity contribution is 0.435. The van der Waals surface area contributed by atoms with Crippen molar-refractivity contribution in [1.82, 2.24) is 0 Å². The van der Waals surface area contributed by atoms with Crippen LogP contribution in [-0.4, -0.2) is 0 Å². The van der Waals surface area contributed by atoms with Crippen LogP contribution in [0.5, 0.6) is 11.5 Å². The Balaban J connectivity index is 1.26. The molecule has 0 spiro atoms. The number of hydrogen-bond donors (Lipinski definition) is 0. The number of ether oxygens (including phenoxy) is 1. The fraction of sp³-hybridized carbons (Fsp3) is 0.0233. The first-order valence-corrected chi connectivity index (χ1v) is 15.3. The van der Waals surface area contributed by atoms with Crippen LogP contribution >= 0.6 is 0 Å². The zero-order chi connectivity index (χ0) is 29.8. The van der Waals surface area contributed by atoms with Gasteiger partial charge in [0.2, 0.25) is 0 Å². The summed E-state index contributed by atoms with van der Waals surface area (Å²) < 4.78 is 12.9. The van der Waals surface area contributed by atoms with Crippen molar-refractivity contribution < 1.29 is 9.15 Å². The molecule has 7 aromatic carbocycles. The zero-order valence-corrected chi connectivity index (χ0v) is 24.5. The second-order valence-corrected chi connectivity index (χ2v) is 11.6. The Kier molecular flexibility index (Phi) is 5.76. The highest BCUT2D eigenvalue weighted by Gasteiger charge is 2.45. The maximum absolute atomic E-state index is 6.77. The van der Waals surface area contributed by atoms with Crippen molar-refractivity contribution in [2.45, 2.75) is 5.41 Å². The molecule has 2 heterocycles. The van der Waals surface area contributed by atoms with Crippen molar-refractivity contribution >= 4 is 21.9 Å². The molecule has 1 aliphatic rings. The fourth-order valence-corrected chi connectivity index (χ4v) is 7.26. The molecule has 2 nitrogen and oxygen atoms in total. The summed E-state index contributed by atoms with van der Waals surface area (Å²) in [6, 6.07) is 60.2. The summed E-state index contributed by atoms with van der Waals surface area (Å²) >= 11 is 0. The van der Waals surface area contributed by atoms with E-state index in [1.165, 1.54) is 16.7 Å². The molecule has 0 N–H and O–H groups in total. The molecule has 8 aromatic rings. The minimum Gasteiger partial charge on any atom is -0.457 e. The largest absolute Gasteiger partial charge is 0.457 e. The predicted molar refractivity (Wildman–Crippen MR) is 183 cm³/mol. The summed E-state index contributed by atoms with van der Waals surface area (Å²) in [7, 11) is 0. The van der Waals surface area contributed by atoms with Gasteiger partial charge in [0.25, 0.3) is 0 Å². The van der Waals surface area contributed by atoms with Crippen molar-refractivity contribution in [2.75, 3.05) is 0 Å². The van der Waals surface area contributed by atoms with Gasteiger partial charge in [-0.25, -0.2) is 0 Å². The van der Waals surface area contributed by atoms with E-state index in [0.717, 1.165) is 61.3 Å². The maximum Gasteiger partial charge on any atom is 0.135 e.